The Morgan fingerprint density at radius 2 is 1.85 bits per heavy atom. The summed E-state index contributed by atoms with van der Waals surface area (Å²) >= 11 is 3.56. The van der Waals surface area contributed by atoms with Crippen molar-refractivity contribution in [2.45, 2.75) is 26.3 Å². The van der Waals surface area contributed by atoms with Gasteiger partial charge >= 0.3 is 0 Å². The third-order valence-electron chi connectivity index (χ3n) is 2.99. The number of amides is 1. The number of fused-ring (bicyclic) bond motifs is 1. The molecule has 0 radical (unpaired) electrons. The lowest BCUT2D eigenvalue weighted by Crippen LogP contribution is -2.31. The Kier molecular flexibility index (Phi) is 5.01. The Labute approximate surface area is 127 Å². The molecule has 0 bridgehead atoms. The van der Waals surface area contributed by atoms with E-state index in [1.165, 1.54) is 5.39 Å². The van der Waals surface area contributed by atoms with Crippen molar-refractivity contribution >= 4 is 38.3 Å². The van der Waals surface area contributed by atoms with Gasteiger partial charge in [-0.25, -0.2) is 0 Å². The van der Waals surface area contributed by atoms with E-state index in [-0.39, 0.29) is 11.9 Å². The van der Waals surface area contributed by atoms with Crippen molar-refractivity contribution in [3.8, 4) is 0 Å². The Balaban J connectivity index is 2.04. The lowest BCUT2D eigenvalue weighted by atomic mass is 10.1. The highest BCUT2D eigenvalue weighted by molar-refractivity contribution is 9.10. The van der Waals surface area contributed by atoms with Crippen LogP contribution in [0.15, 0.2) is 40.9 Å². The number of carbonyl (C=O) groups excluding carboxylic acids is 1. The molecule has 1 amide bonds. The molecular formula is C16H19BrN2O. The smallest absolute Gasteiger partial charge is 0.221 e. The van der Waals surface area contributed by atoms with Crippen LogP contribution < -0.4 is 10.6 Å². The fraction of sp³-hybridized carbons (Fsp3) is 0.312. The molecule has 0 aromatic heterocycles. The quantitative estimate of drug-likeness (QED) is 0.869. The summed E-state index contributed by atoms with van der Waals surface area (Å²) in [5.74, 6) is 0.0777. The van der Waals surface area contributed by atoms with Gasteiger partial charge in [0.15, 0.2) is 0 Å². The summed E-state index contributed by atoms with van der Waals surface area (Å²) in [6, 6.07) is 12.5. The van der Waals surface area contributed by atoms with Crippen LogP contribution in [0.1, 0.15) is 20.3 Å². The number of benzene rings is 2. The van der Waals surface area contributed by atoms with Gasteiger partial charge in [0.05, 0.1) is 0 Å². The van der Waals surface area contributed by atoms with Gasteiger partial charge in [-0.3, -0.25) is 4.79 Å². The number of carbonyl (C=O) groups is 1. The van der Waals surface area contributed by atoms with Crippen molar-refractivity contribution in [3.05, 3.63) is 40.9 Å². The van der Waals surface area contributed by atoms with Gasteiger partial charge in [0.2, 0.25) is 5.91 Å². The molecular weight excluding hydrogens is 316 g/mol. The Morgan fingerprint density at radius 3 is 2.55 bits per heavy atom. The highest BCUT2D eigenvalue weighted by Crippen LogP contribution is 2.29. The predicted molar refractivity (Wildman–Crippen MR) is 88.0 cm³/mol. The van der Waals surface area contributed by atoms with Crippen LogP contribution in [-0.4, -0.2) is 18.5 Å². The second kappa shape index (κ2) is 6.75. The maximum Gasteiger partial charge on any atom is 0.221 e. The standard InChI is InChI=1S/C16H19BrN2O/c1-11(2)19-16(20)9-10-18-15-8-7-14(17)12-5-3-4-6-13(12)15/h3-8,11,18H,9-10H2,1-2H3,(H,19,20). The molecule has 0 atom stereocenters. The summed E-state index contributed by atoms with van der Waals surface area (Å²) < 4.78 is 1.08. The molecule has 0 spiro atoms. The third-order valence-corrected chi connectivity index (χ3v) is 3.68. The molecule has 0 heterocycles. The van der Waals surface area contributed by atoms with Gasteiger partial charge in [0.1, 0.15) is 0 Å². The molecule has 20 heavy (non-hydrogen) atoms. The van der Waals surface area contributed by atoms with Crippen LogP contribution in [0.2, 0.25) is 0 Å². The second-order valence-corrected chi connectivity index (χ2v) is 5.89. The fourth-order valence-electron chi connectivity index (χ4n) is 2.12. The highest BCUT2D eigenvalue weighted by Gasteiger charge is 2.05. The van der Waals surface area contributed by atoms with Crippen molar-refractivity contribution in [1.29, 1.82) is 0 Å². The Hall–Kier alpha value is -1.55. The molecule has 0 saturated carbocycles. The molecule has 2 aromatic carbocycles. The van der Waals surface area contributed by atoms with Crippen molar-refractivity contribution in [2.75, 3.05) is 11.9 Å². The summed E-state index contributed by atoms with van der Waals surface area (Å²) in [6.07, 6.45) is 0.475. The topological polar surface area (TPSA) is 41.1 Å². The van der Waals surface area contributed by atoms with Crippen LogP contribution in [0.25, 0.3) is 10.8 Å². The van der Waals surface area contributed by atoms with Crippen LogP contribution >= 0.6 is 15.9 Å². The first-order chi connectivity index (χ1) is 9.58. The van der Waals surface area contributed by atoms with Gasteiger partial charge in [-0.1, -0.05) is 40.2 Å². The largest absolute Gasteiger partial charge is 0.384 e. The number of nitrogens with one attached hydrogen (secondary N) is 2. The van der Waals surface area contributed by atoms with Gasteiger partial charge in [-0.2, -0.15) is 0 Å². The molecule has 2 N–H and O–H groups in total. The molecule has 2 rings (SSSR count). The minimum Gasteiger partial charge on any atom is -0.384 e. The van der Waals surface area contributed by atoms with E-state index < -0.39 is 0 Å². The van der Waals surface area contributed by atoms with E-state index in [2.05, 4.69) is 38.7 Å². The highest BCUT2D eigenvalue weighted by atomic mass is 79.9. The number of rotatable bonds is 5. The molecule has 0 aliphatic carbocycles. The molecule has 0 unspecified atom stereocenters. The van der Waals surface area contributed by atoms with Gasteiger partial charge < -0.3 is 10.6 Å². The van der Waals surface area contributed by atoms with Gasteiger partial charge in [-0.15, -0.1) is 0 Å². The van der Waals surface area contributed by atoms with Crippen LogP contribution in [0.5, 0.6) is 0 Å². The van der Waals surface area contributed by atoms with E-state index in [0.29, 0.717) is 13.0 Å². The number of halogens is 1. The molecule has 0 aliphatic rings. The first-order valence-electron chi connectivity index (χ1n) is 6.78. The number of anilines is 1. The van der Waals surface area contributed by atoms with E-state index in [0.717, 1.165) is 15.5 Å². The average Bonchev–Trinajstić information content (AvgIpc) is 2.41. The zero-order valence-electron chi connectivity index (χ0n) is 11.7. The average molecular weight is 335 g/mol. The fourth-order valence-corrected chi connectivity index (χ4v) is 2.60. The lowest BCUT2D eigenvalue weighted by Gasteiger charge is -2.12. The molecule has 0 fully saturated rings. The molecule has 106 valence electrons. The van der Waals surface area contributed by atoms with E-state index in [4.69, 9.17) is 0 Å². The molecule has 0 saturated heterocycles. The first kappa shape index (κ1) is 14.9. The Morgan fingerprint density at radius 1 is 1.15 bits per heavy atom. The van der Waals surface area contributed by atoms with Crippen LogP contribution in [0, 0.1) is 0 Å². The molecule has 0 aliphatic heterocycles. The third kappa shape index (κ3) is 3.73. The summed E-state index contributed by atoms with van der Waals surface area (Å²) in [7, 11) is 0. The zero-order chi connectivity index (χ0) is 14.5. The summed E-state index contributed by atoms with van der Waals surface area (Å²) in [5.41, 5.74) is 1.06. The van der Waals surface area contributed by atoms with E-state index >= 15 is 0 Å². The van der Waals surface area contributed by atoms with E-state index in [1.807, 2.05) is 38.1 Å². The van der Waals surface area contributed by atoms with Crippen LogP contribution in [0.4, 0.5) is 5.69 Å². The van der Waals surface area contributed by atoms with Crippen molar-refractivity contribution in [2.24, 2.45) is 0 Å². The van der Waals surface area contributed by atoms with Crippen LogP contribution in [-0.2, 0) is 4.79 Å². The SMILES string of the molecule is CC(C)NC(=O)CCNc1ccc(Br)c2ccccc12. The summed E-state index contributed by atoms with van der Waals surface area (Å²) in [5, 5.41) is 8.56. The maximum atomic E-state index is 11.6. The van der Waals surface area contributed by atoms with Gasteiger partial charge in [0.25, 0.3) is 0 Å². The van der Waals surface area contributed by atoms with E-state index in [1.54, 1.807) is 0 Å². The normalized spacial score (nSPS) is 10.8. The minimum atomic E-state index is 0.0777. The lowest BCUT2D eigenvalue weighted by molar-refractivity contribution is -0.121. The van der Waals surface area contributed by atoms with Gasteiger partial charge in [0, 0.05) is 34.6 Å². The van der Waals surface area contributed by atoms with Gasteiger partial charge in [-0.05, 0) is 31.4 Å². The first-order valence-corrected chi connectivity index (χ1v) is 7.57. The number of hydrogen-bond donors (Lipinski definition) is 2. The second-order valence-electron chi connectivity index (χ2n) is 5.04. The van der Waals surface area contributed by atoms with Crippen LogP contribution in [0.3, 0.4) is 0 Å². The Bertz CT molecular complexity index is 610. The van der Waals surface area contributed by atoms with Crippen molar-refractivity contribution < 1.29 is 4.79 Å². The minimum absolute atomic E-state index is 0.0777. The maximum absolute atomic E-state index is 11.6. The predicted octanol–water partition coefficient (Wildman–Crippen LogP) is 3.93. The number of hydrogen-bond acceptors (Lipinski definition) is 2. The zero-order valence-corrected chi connectivity index (χ0v) is 13.3. The summed E-state index contributed by atoms with van der Waals surface area (Å²) in [4.78, 5) is 11.6. The van der Waals surface area contributed by atoms with Crippen molar-refractivity contribution in [1.82, 2.24) is 5.32 Å². The van der Waals surface area contributed by atoms with Crippen molar-refractivity contribution in [3.63, 3.8) is 0 Å². The monoisotopic (exact) mass is 334 g/mol. The molecule has 3 nitrogen and oxygen atoms in total. The molecule has 2 aromatic rings. The van der Waals surface area contributed by atoms with E-state index in [9.17, 15) is 4.79 Å². The molecule has 4 heteroatoms. The summed E-state index contributed by atoms with van der Waals surface area (Å²) in [6.45, 7) is 4.56.